The Kier molecular flexibility index (Phi) is 27.7. The zero-order chi connectivity index (χ0) is 97.3. The van der Waals surface area contributed by atoms with Gasteiger partial charge in [0.2, 0.25) is 0 Å². The van der Waals surface area contributed by atoms with E-state index >= 15 is 0 Å². The van der Waals surface area contributed by atoms with Gasteiger partial charge in [-0.2, -0.15) is 0 Å². The number of aliphatic hydroxyl groups is 4. The second-order valence-electron chi connectivity index (χ2n) is 50.2. The van der Waals surface area contributed by atoms with E-state index in [0.717, 1.165) is 199 Å². The van der Waals surface area contributed by atoms with E-state index in [1.807, 2.05) is 36.4 Å². The Labute approximate surface area is 851 Å². The van der Waals surface area contributed by atoms with Crippen LogP contribution in [-0.4, -0.2) is 190 Å². The molecule has 22 aliphatic carbocycles. The second kappa shape index (κ2) is 38.7. The number of rotatable bonds is 1. The van der Waals surface area contributed by atoms with Crippen molar-refractivity contribution in [1.29, 1.82) is 0 Å². The lowest BCUT2D eigenvalue weighted by molar-refractivity contribution is -0.254. The van der Waals surface area contributed by atoms with Crippen molar-refractivity contribution in [2.24, 2.45) is 151 Å². The second-order valence-corrected chi connectivity index (χ2v) is 50.2. The van der Waals surface area contributed by atoms with E-state index in [9.17, 15) is 69.0 Å². The van der Waals surface area contributed by atoms with Crippen molar-refractivity contribution in [1.82, 2.24) is 0 Å². The van der Waals surface area contributed by atoms with Gasteiger partial charge in [0.25, 0.3) is 0 Å². The Morgan fingerprint density at radius 3 is 1.35 bits per heavy atom. The van der Waals surface area contributed by atoms with Gasteiger partial charge in [0, 0.05) is 136 Å². The fraction of sp³-hybridized carbons (Fsp3) is 0.767. The van der Waals surface area contributed by atoms with Gasteiger partial charge in [0.15, 0.2) is 34.7 Å². The fourth-order valence-electron chi connectivity index (χ4n) is 39.0. The number of allylic oxidation sites excluding steroid dienone is 4. The molecule has 21 fully saturated rings. The van der Waals surface area contributed by atoms with Crippen molar-refractivity contribution < 1.29 is 116 Å². The number of benzene rings is 2. The first-order valence-corrected chi connectivity index (χ1v) is 55.6. The lowest BCUT2D eigenvalue weighted by Crippen LogP contribution is -2.58. The highest BCUT2D eigenvalue weighted by Crippen LogP contribution is 2.73. The van der Waals surface area contributed by atoms with Crippen LogP contribution in [0.5, 0.6) is 11.5 Å². The zero-order valence-electron chi connectivity index (χ0n) is 83.6. The predicted octanol–water partition coefficient (Wildman–Crippen LogP) is 18.6. The highest BCUT2D eigenvalue weighted by molar-refractivity contribution is 5.93. The summed E-state index contributed by atoms with van der Waals surface area (Å²) in [5, 5.41) is 62.9. The number of ketones is 6. The van der Waals surface area contributed by atoms with Crippen molar-refractivity contribution in [2.75, 3.05) is 52.9 Å². The maximum Gasteiger partial charge on any atom is 0.318 e. The van der Waals surface area contributed by atoms with E-state index in [1.54, 1.807) is 12.1 Å². The van der Waals surface area contributed by atoms with Crippen LogP contribution < -0.4 is 0 Å². The number of phenols is 2. The molecule has 144 heavy (non-hydrogen) atoms. The summed E-state index contributed by atoms with van der Waals surface area (Å²) >= 11 is 0. The number of aryl methyl sites for hydroxylation is 2. The van der Waals surface area contributed by atoms with Gasteiger partial charge in [0.1, 0.15) is 52.3 Å². The molecule has 34 atom stereocenters. The summed E-state index contributed by atoms with van der Waals surface area (Å²) in [4.78, 5) is 97.4. The third-order valence-electron chi connectivity index (χ3n) is 44.6. The van der Waals surface area contributed by atoms with Crippen molar-refractivity contribution in [3.8, 4) is 11.5 Å². The molecule has 0 aromatic heterocycles. The SMILES string of the molecule is C.C.C.CC(=O)O[C@H]1C[C@]2(C)C(=O)CCC2C2CCc3cc(O)ccc3C21.C[C@]12C[C@@H](O)C3C4CCC(=O)C=C4CCC3C1CCC2=O.C[C@]12C[C@H](O)C3C4CCC(=O)C=C4CCC3C1CCC2=O.C[C@]12C[C@H](O)C3C4CCC5(CC4=CCC3C1CCC21OCCO1)OCCO5.O=C1CCC2C3CCc4cc(O)ccc4C3[C@@H](O)C[C@H]12.O=C1O[C@H]2C[C@]13C(CCC31OCCO1)C1CC=C3CC4(CCC3C12)OCCO4. The molecule has 29 rings (SSSR count). The molecule has 2 aromatic carbocycles. The zero-order valence-corrected chi connectivity index (χ0v) is 83.6. The van der Waals surface area contributed by atoms with E-state index < -0.39 is 23.1 Å². The minimum atomic E-state index is -0.722. The summed E-state index contributed by atoms with van der Waals surface area (Å²) in [6.45, 7) is 15.4. The van der Waals surface area contributed by atoms with Crippen LogP contribution in [0.25, 0.3) is 0 Å². The molecule has 24 nitrogen and oxygen atoms in total. The van der Waals surface area contributed by atoms with Crippen LogP contribution in [0.1, 0.15) is 322 Å². The van der Waals surface area contributed by atoms with Crippen molar-refractivity contribution in [3.63, 3.8) is 0 Å². The maximum atomic E-state index is 13.3. The quantitative estimate of drug-likeness (QED) is 0.114. The molecule has 788 valence electrons. The lowest BCUT2D eigenvalue weighted by atomic mass is 9.51. The first-order valence-electron chi connectivity index (χ1n) is 55.6. The average molecular weight is 1990 g/mol. The smallest absolute Gasteiger partial charge is 0.318 e. The summed E-state index contributed by atoms with van der Waals surface area (Å²) in [7, 11) is 0. The number of aliphatic hydroxyl groups excluding tert-OH is 4. The van der Waals surface area contributed by atoms with Crippen molar-refractivity contribution in [3.05, 3.63) is 105 Å². The molecule has 5 aliphatic heterocycles. The molecule has 2 aromatic rings. The van der Waals surface area contributed by atoms with Gasteiger partial charge in [-0.3, -0.25) is 38.4 Å². The Bertz CT molecular complexity index is 5330. The maximum absolute atomic E-state index is 13.3. The Hall–Kier alpha value is -6.52. The first kappa shape index (κ1) is 103. The van der Waals surface area contributed by atoms with Crippen LogP contribution in [-0.2, 0) is 98.6 Å². The summed E-state index contributed by atoms with van der Waals surface area (Å²) in [5.74, 6) is 9.24. The van der Waals surface area contributed by atoms with E-state index in [0.29, 0.717) is 239 Å². The minimum absolute atomic E-state index is 0. The number of fused-ring (bicyclic) bond motifs is 32. The highest BCUT2D eigenvalue weighted by Gasteiger charge is 2.78. The lowest BCUT2D eigenvalue weighted by Gasteiger charge is -2.57. The molecule has 5 heterocycles. The number of Topliss-reactive ketones (excluding diaryl/α,β-unsaturated/α-hetero) is 4. The van der Waals surface area contributed by atoms with Crippen molar-refractivity contribution >= 4 is 46.6 Å². The average Bonchev–Trinajstić information content (AvgIpc) is 1.52. The number of aromatic hydroxyl groups is 2. The molecule has 16 saturated carbocycles. The van der Waals surface area contributed by atoms with E-state index in [-0.39, 0.29) is 145 Å². The fourth-order valence-corrected chi connectivity index (χ4v) is 39.0. The number of carbonyl (C=O) groups is 8. The number of hydrogen-bond donors (Lipinski definition) is 6. The van der Waals surface area contributed by atoms with E-state index in [4.69, 9.17) is 47.4 Å². The normalized spacial score (nSPS) is 45.0. The standard InChI is InChI=1S/C22H28O6.C22H32O5.C20H24O4.2C18H24O3.C17H20O3.3CH4/c23-19-21-12-17(28-19)18-14-3-5-20(24-7-8-25-20)11-13(14)1-2-15(18)16(21)4-6-22(21)26-9-10-27-22;1-20-13-18(23)19-15-4-6-21(24-8-9-25-21)12-14(15)2-3-16(19)17(20)5-7-22(20)26-10-11-27-22;1-11(21)24-17-10-20(2)16(7-8-18(20)23)15-5-3-12-9-13(22)4-6-14(12)19(15)17;2*1-18-9-15(20)17-12-5-3-11(19)8-10(12)2-4-13(17)14(18)6-7-16(18)21;18-10-2-4-11-9(7-10)1-3-13-12-5-6-15(19)14(12)8-16(20)17(11)13;;;/h1,14-18H,2-12H2;2,15-19,23H,3-13H2,1H3;4,6,9,15-17,19,22H,3,5,7-8,10H2,1-2H3;2*8,12-15,17,20H,2-7,9H2,1H3;2,4,7,12-14,16-18,20H,1,3,5-6,8H2;3*1H4/t14?,15?,16?,17-,18?,21-;15?,16?,17?,18-,19?,20-;15?,16?,17-,19?,20-;12?,13?,14?,15-,17?,18+;12?,13?,14?,15-,17?,18-;12?,13?,14-,16-,17?;;;/m000100.../s1. The molecule has 0 amide bonds. The monoisotopic (exact) mass is 1990 g/mol. The topological polar surface area (TPSA) is 350 Å². The van der Waals surface area contributed by atoms with E-state index in [2.05, 4.69) is 39.8 Å². The first-order chi connectivity index (χ1) is 67.8. The molecule has 22 unspecified atom stereocenters. The molecule has 27 aliphatic rings. The Balaban J connectivity index is 0.000000102. The number of carbonyl (C=O) groups excluding carboxylic acids is 8. The van der Waals surface area contributed by atoms with Gasteiger partial charge in [-0.1, -0.05) is 96.6 Å². The Morgan fingerprint density at radius 1 is 0.382 bits per heavy atom. The number of hydrogen-bond acceptors (Lipinski definition) is 24. The number of phenolic OH excluding ortho intramolecular Hbond substituents is 2. The molecular formula is C120H164O24. The molecule has 0 radical (unpaired) electrons. The van der Waals surface area contributed by atoms with Gasteiger partial charge < -0.3 is 78.0 Å². The van der Waals surface area contributed by atoms with Gasteiger partial charge in [-0.05, 0) is 332 Å². The number of esters is 2. The summed E-state index contributed by atoms with van der Waals surface area (Å²) in [6, 6.07) is 11.1. The summed E-state index contributed by atoms with van der Waals surface area (Å²) < 4.78 is 60.5. The third kappa shape index (κ3) is 16.4. The van der Waals surface area contributed by atoms with Gasteiger partial charge >= 0.3 is 11.9 Å². The van der Waals surface area contributed by atoms with Crippen LogP contribution in [0.15, 0.2) is 83.0 Å². The summed E-state index contributed by atoms with van der Waals surface area (Å²) in [6.07, 6.45) is 40.7. The minimum Gasteiger partial charge on any atom is -0.508 e. The third-order valence-corrected chi connectivity index (χ3v) is 44.6. The van der Waals surface area contributed by atoms with E-state index in [1.165, 1.54) is 45.9 Å². The summed E-state index contributed by atoms with van der Waals surface area (Å²) in [5.41, 5.74) is 8.67. The Morgan fingerprint density at radius 2 is 0.819 bits per heavy atom. The largest absolute Gasteiger partial charge is 0.508 e. The molecule has 5 spiro atoms. The predicted molar refractivity (Wildman–Crippen MR) is 534 cm³/mol. The van der Waals surface area contributed by atoms with Crippen LogP contribution in [0.4, 0.5) is 0 Å². The highest BCUT2D eigenvalue weighted by atomic mass is 16.8. The molecule has 24 heteroatoms. The molecule has 2 bridgehead atoms. The molecule has 5 saturated heterocycles. The van der Waals surface area contributed by atoms with Gasteiger partial charge in [0.05, 0.1) is 77.3 Å². The number of ether oxygens (including phenoxy) is 10. The van der Waals surface area contributed by atoms with Gasteiger partial charge in [-0.15, -0.1) is 0 Å². The van der Waals surface area contributed by atoms with Crippen LogP contribution in [0.3, 0.4) is 0 Å². The van der Waals surface area contributed by atoms with Crippen molar-refractivity contribution in [2.45, 2.75) is 372 Å². The molecular weight excluding hydrogens is 1830 g/mol. The van der Waals surface area contributed by atoms with Gasteiger partial charge in [-0.25, -0.2) is 0 Å². The van der Waals surface area contributed by atoms with Crippen LogP contribution in [0, 0.1) is 151 Å². The van der Waals surface area contributed by atoms with Crippen LogP contribution >= 0.6 is 0 Å². The molecule has 6 N–H and O–H groups in total. The van der Waals surface area contributed by atoms with Crippen LogP contribution in [0.2, 0.25) is 0 Å².